The second kappa shape index (κ2) is 7.84. The quantitative estimate of drug-likeness (QED) is 0.351. The highest BCUT2D eigenvalue weighted by molar-refractivity contribution is 8.01. The molecule has 0 fully saturated rings. The summed E-state index contributed by atoms with van der Waals surface area (Å²) >= 11 is 1.77. The summed E-state index contributed by atoms with van der Waals surface area (Å²) in [4.78, 5) is 10.8. The van der Waals surface area contributed by atoms with Crippen molar-refractivity contribution in [1.82, 2.24) is 5.48 Å². The van der Waals surface area contributed by atoms with E-state index >= 15 is 0 Å². The van der Waals surface area contributed by atoms with Crippen LogP contribution in [-0.2, 0) is 4.79 Å². The van der Waals surface area contributed by atoms with Crippen LogP contribution in [0.5, 0.6) is 0 Å². The molecule has 0 aromatic heterocycles. The van der Waals surface area contributed by atoms with Gasteiger partial charge in [-0.2, -0.15) is 0 Å². The minimum absolute atomic E-state index is 0.107. The number of aliphatic hydroxyl groups is 1. The number of hydroxylamine groups is 1. The fourth-order valence-corrected chi connectivity index (χ4v) is 3.22. The lowest BCUT2D eigenvalue weighted by molar-refractivity contribution is -0.126. The second-order valence-electron chi connectivity index (χ2n) is 4.61. The van der Waals surface area contributed by atoms with Gasteiger partial charge < -0.3 is 9.41 Å². The van der Waals surface area contributed by atoms with Gasteiger partial charge in [0.1, 0.15) is 0 Å². The van der Waals surface area contributed by atoms with E-state index in [1.807, 2.05) is 6.08 Å². The Morgan fingerprint density at radius 1 is 1.27 bits per heavy atom. The standard InChI is InChI=1S/C14H13NOS.C2H5NO2/c16-10-2-1-9-15-12-7-3-5-11-6-4-8-13(17-15)14(11)12;1-2(4)3-5/h1-8,16H,9-10H2;5H,1H3,(H,3,4)/b2-1-;. The molecule has 1 aliphatic rings. The maximum absolute atomic E-state index is 9.45. The van der Waals surface area contributed by atoms with E-state index in [4.69, 9.17) is 10.3 Å². The minimum Gasteiger partial charge on any atom is -0.392 e. The van der Waals surface area contributed by atoms with Crippen LogP contribution < -0.4 is 9.79 Å². The first-order valence-electron chi connectivity index (χ1n) is 6.81. The van der Waals surface area contributed by atoms with Crippen molar-refractivity contribution in [3.05, 3.63) is 48.6 Å². The number of carbonyl (C=O) groups is 1. The Kier molecular flexibility index (Phi) is 5.83. The summed E-state index contributed by atoms with van der Waals surface area (Å²) in [5.74, 6) is -0.440. The third-order valence-corrected chi connectivity index (χ3v) is 4.13. The van der Waals surface area contributed by atoms with Crippen molar-refractivity contribution in [2.75, 3.05) is 17.5 Å². The monoisotopic (exact) mass is 318 g/mol. The summed E-state index contributed by atoms with van der Waals surface area (Å²) in [6, 6.07) is 12.8. The Hall–Kier alpha value is -2.02. The van der Waals surface area contributed by atoms with Crippen LogP contribution in [0.15, 0.2) is 53.4 Å². The Bertz CT molecular complexity index is 683. The first kappa shape index (κ1) is 16.4. The molecule has 1 heterocycles. The van der Waals surface area contributed by atoms with Crippen molar-refractivity contribution in [1.29, 1.82) is 0 Å². The van der Waals surface area contributed by atoms with Crippen LogP contribution >= 0.6 is 11.9 Å². The molecule has 0 spiro atoms. The predicted octanol–water partition coefficient (Wildman–Crippen LogP) is 2.73. The molecule has 0 atom stereocenters. The van der Waals surface area contributed by atoms with E-state index in [2.05, 4.69) is 40.7 Å². The number of nitrogens with zero attached hydrogens (tertiary/aromatic N) is 1. The Morgan fingerprint density at radius 2 is 1.95 bits per heavy atom. The normalized spacial score (nSPS) is 12.4. The van der Waals surface area contributed by atoms with Gasteiger partial charge in [-0.3, -0.25) is 10.0 Å². The number of anilines is 1. The third-order valence-electron chi connectivity index (χ3n) is 3.02. The molecule has 2 aromatic carbocycles. The molecule has 0 bridgehead atoms. The zero-order chi connectivity index (χ0) is 15.9. The topological polar surface area (TPSA) is 72.8 Å². The van der Waals surface area contributed by atoms with Crippen molar-refractivity contribution in [2.24, 2.45) is 0 Å². The molecule has 116 valence electrons. The van der Waals surface area contributed by atoms with Crippen LogP contribution in [0.3, 0.4) is 0 Å². The summed E-state index contributed by atoms with van der Waals surface area (Å²) in [6.45, 7) is 2.15. The zero-order valence-corrected chi connectivity index (χ0v) is 13.0. The van der Waals surface area contributed by atoms with Crippen LogP contribution in [0, 0.1) is 0 Å². The molecule has 1 amide bonds. The highest BCUT2D eigenvalue weighted by Gasteiger charge is 2.20. The highest BCUT2D eigenvalue weighted by atomic mass is 32.2. The summed E-state index contributed by atoms with van der Waals surface area (Å²) < 4.78 is 2.25. The second-order valence-corrected chi connectivity index (χ2v) is 5.67. The van der Waals surface area contributed by atoms with Gasteiger partial charge in [0.2, 0.25) is 5.91 Å². The van der Waals surface area contributed by atoms with E-state index < -0.39 is 5.91 Å². The number of hydrogen-bond donors (Lipinski definition) is 3. The highest BCUT2D eigenvalue weighted by Crippen LogP contribution is 2.45. The fraction of sp³-hybridized carbons (Fsp3) is 0.188. The Labute approximate surface area is 133 Å². The van der Waals surface area contributed by atoms with Gasteiger partial charge in [0, 0.05) is 23.8 Å². The molecule has 0 aliphatic carbocycles. The minimum atomic E-state index is -0.440. The van der Waals surface area contributed by atoms with Gasteiger partial charge in [0.25, 0.3) is 0 Å². The third kappa shape index (κ3) is 3.79. The van der Waals surface area contributed by atoms with Crippen molar-refractivity contribution in [2.45, 2.75) is 11.8 Å². The average molecular weight is 318 g/mol. The maximum atomic E-state index is 9.45. The summed E-state index contributed by atoms with van der Waals surface area (Å²) in [5.41, 5.74) is 2.66. The Morgan fingerprint density at radius 3 is 2.59 bits per heavy atom. The van der Waals surface area contributed by atoms with Gasteiger partial charge in [-0.1, -0.05) is 36.4 Å². The molecule has 0 unspecified atom stereocenters. The van der Waals surface area contributed by atoms with Gasteiger partial charge in [0.15, 0.2) is 0 Å². The summed E-state index contributed by atoms with van der Waals surface area (Å²) in [7, 11) is 0. The molecule has 0 saturated heterocycles. The van der Waals surface area contributed by atoms with E-state index in [1.165, 1.54) is 33.8 Å². The van der Waals surface area contributed by atoms with E-state index in [1.54, 1.807) is 18.0 Å². The van der Waals surface area contributed by atoms with Crippen LogP contribution in [0.2, 0.25) is 0 Å². The smallest absolute Gasteiger partial charge is 0.240 e. The molecule has 3 rings (SSSR count). The van der Waals surface area contributed by atoms with Crippen LogP contribution in [0.1, 0.15) is 6.92 Å². The molecule has 3 N–H and O–H groups in total. The summed E-state index contributed by atoms with van der Waals surface area (Å²) in [6.07, 6.45) is 3.78. The van der Waals surface area contributed by atoms with Crippen molar-refractivity contribution in [3.8, 4) is 0 Å². The number of carbonyl (C=O) groups excluding carboxylic acids is 1. The number of nitrogens with one attached hydrogen (secondary N) is 1. The molecule has 22 heavy (non-hydrogen) atoms. The van der Waals surface area contributed by atoms with Crippen LogP contribution in [0.25, 0.3) is 10.8 Å². The van der Waals surface area contributed by atoms with E-state index in [0.717, 1.165) is 6.54 Å². The lowest BCUT2D eigenvalue weighted by Crippen LogP contribution is -2.12. The van der Waals surface area contributed by atoms with Crippen molar-refractivity contribution >= 4 is 34.3 Å². The number of rotatable bonds is 3. The summed E-state index contributed by atoms with van der Waals surface area (Å²) in [5, 5.41) is 18.9. The molecular formula is C16H18N2O3S. The fourth-order valence-electron chi connectivity index (χ4n) is 2.12. The molecule has 0 radical (unpaired) electrons. The first-order valence-corrected chi connectivity index (χ1v) is 7.58. The van der Waals surface area contributed by atoms with E-state index in [0.29, 0.717) is 0 Å². The predicted molar refractivity (Wildman–Crippen MR) is 89.0 cm³/mol. The van der Waals surface area contributed by atoms with Gasteiger partial charge >= 0.3 is 0 Å². The van der Waals surface area contributed by atoms with E-state index in [9.17, 15) is 4.79 Å². The lowest BCUT2D eigenvalue weighted by atomic mass is 10.1. The zero-order valence-electron chi connectivity index (χ0n) is 12.2. The maximum Gasteiger partial charge on any atom is 0.240 e. The van der Waals surface area contributed by atoms with Gasteiger partial charge in [-0.05, 0) is 29.5 Å². The lowest BCUT2D eigenvalue weighted by Gasteiger charge is -2.15. The Balaban J connectivity index is 0.000000309. The van der Waals surface area contributed by atoms with Crippen LogP contribution in [-0.4, -0.2) is 29.4 Å². The number of amides is 1. The van der Waals surface area contributed by atoms with Crippen LogP contribution in [0.4, 0.5) is 5.69 Å². The van der Waals surface area contributed by atoms with Gasteiger partial charge in [0.05, 0.1) is 12.3 Å². The molecule has 1 aliphatic heterocycles. The molecule has 2 aromatic rings. The largest absolute Gasteiger partial charge is 0.392 e. The molecule has 0 saturated carbocycles. The molecule has 6 heteroatoms. The average Bonchev–Trinajstić information content (AvgIpc) is 2.89. The first-order chi connectivity index (χ1) is 10.7. The number of hydrogen-bond acceptors (Lipinski definition) is 5. The number of benzene rings is 2. The molecule has 5 nitrogen and oxygen atoms in total. The van der Waals surface area contributed by atoms with Gasteiger partial charge in [-0.25, -0.2) is 5.48 Å². The van der Waals surface area contributed by atoms with E-state index in [-0.39, 0.29) is 6.61 Å². The molecular weight excluding hydrogens is 300 g/mol. The van der Waals surface area contributed by atoms with Gasteiger partial charge in [-0.15, -0.1) is 0 Å². The number of aliphatic hydroxyl groups excluding tert-OH is 1. The SMILES string of the molecule is CC(=O)NO.OC/C=C\CN1Sc2cccc3cccc1c23. The van der Waals surface area contributed by atoms with Crippen molar-refractivity contribution < 1.29 is 15.1 Å². The van der Waals surface area contributed by atoms with Crippen molar-refractivity contribution in [3.63, 3.8) is 0 Å².